The van der Waals surface area contributed by atoms with Crippen LogP contribution in [0.2, 0.25) is 0 Å². The van der Waals surface area contributed by atoms with Gasteiger partial charge in [0.15, 0.2) is 0 Å². The predicted molar refractivity (Wildman–Crippen MR) is 66.6 cm³/mol. The third-order valence-corrected chi connectivity index (χ3v) is 5.55. The quantitative estimate of drug-likeness (QED) is 0.796. The summed E-state index contributed by atoms with van der Waals surface area (Å²) in [7, 11) is -4.26. The fourth-order valence-corrected chi connectivity index (χ4v) is 3.40. The molecule has 6 heteroatoms. The Balaban J connectivity index is 2.48. The highest BCUT2D eigenvalue weighted by molar-refractivity contribution is 7.91. The van der Waals surface area contributed by atoms with Gasteiger partial charge in [-0.15, -0.1) is 0 Å². The average molecular weight is 278 g/mol. The summed E-state index contributed by atoms with van der Waals surface area (Å²) in [5.74, 6) is 0.0663. The number of hydrogen-bond acceptors (Lipinski definition) is 3. The number of sulfone groups is 1. The Kier molecular flexibility index (Phi) is 5.27. The number of rotatable bonds is 6. The monoisotopic (exact) mass is 278 g/mol. The van der Waals surface area contributed by atoms with Crippen LogP contribution >= 0.6 is 0 Å². The Labute approximate surface area is 103 Å². The number of benzene rings is 1. The Bertz CT molecular complexity index is 480. The molecule has 0 radical (unpaired) electrons. The van der Waals surface area contributed by atoms with E-state index in [1.165, 1.54) is 24.3 Å². The SMILES string of the molecule is CCS(=O)(=O)CCCS(=O)c1ccc(F)cc1. The van der Waals surface area contributed by atoms with E-state index >= 15 is 0 Å². The normalized spacial score (nSPS) is 13.5. The summed E-state index contributed by atoms with van der Waals surface area (Å²) in [6.07, 6.45) is 0.361. The van der Waals surface area contributed by atoms with E-state index in [9.17, 15) is 17.0 Å². The van der Waals surface area contributed by atoms with Crippen LogP contribution in [0.3, 0.4) is 0 Å². The summed E-state index contributed by atoms with van der Waals surface area (Å²) in [4.78, 5) is 0.528. The Morgan fingerprint density at radius 2 is 1.82 bits per heavy atom. The van der Waals surface area contributed by atoms with Crippen LogP contribution in [0.15, 0.2) is 29.2 Å². The molecular weight excluding hydrogens is 263 g/mol. The van der Waals surface area contributed by atoms with Gasteiger partial charge in [-0.05, 0) is 30.7 Å². The fourth-order valence-electron chi connectivity index (χ4n) is 1.26. The first kappa shape index (κ1) is 14.3. The van der Waals surface area contributed by atoms with Gasteiger partial charge in [0.05, 0.1) is 16.6 Å². The summed E-state index contributed by atoms with van der Waals surface area (Å²) in [6, 6.07) is 5.41. The van der Waals surface area contributed by atoms with E-state index in [1.54, 1.807) is 6.92 Å². The highest BCUT2D eigenvalue weighted by Gasteiger charge is 2.09. The van der Waals surface area contributed by atoms with Gasteiger partial charge in [0, 0.05) is 16.4 Å². The molecule has 17 heavy (non-hydrogen) atoms. The van der Waals surface area contributed by atoms with E-state index in [2.05, 4.69) is 0 Å². The molecule has 0 aliphatic heterocycles. The van der Waals surface area contributed by atoms with Crippen LogP contribution in [0, 0.1) is 5.82 Å². The van der Waals surface area contributed by atoms with Crippen molar-refractivity contribution in [3.05, 3.63) is 30.1 Å². The zero-order valence-corrected chi connectivity index (χ0v) is 11.2. The summed E-state index contributed by atoms with van der Waals surface area (Å²) in [6.45, 7) is 1.59. The first-order valence-corrected chi connectivity index (χ1v) is 8.43. The van der Waals surface area contributed by atoms with E-state index < -0.39 is 20.6 Å². The third kappa shape index (κ3) is 4.95. The standard InChI is InChI=1S/C11H15FO3S2/c1-2-17(14,15)9-3-8-16(13)11-6-4-10(12)5-7-11/h4-7H,2-3,8-9H2,1H3. The number of hydrogen-bond donors (Lipinski definition) is 0. The Morgan fingerprint density at radius 3 is 2.35 bits per heavy atom. The zero-order chi connectivity index (χ0) is 12.9. The summed E-state index contributed by atoms with van der Waals surface area (Å²) < 4.78 is 46.8. The van der Waals surface area contributed by atoms with Crippen LogP contribution in [0.25, 0.3) is 0 Å². The van der Waals surface area contributed by atoms with Crippen LogP contribution in [0.4, 0.5) is 4.39 Å². The van der Waals surface area contributed by atoms with Gasteiger partial charge in [-0.1, -0.05) is 6.92 Å². The molecule has 0 N–H and O–H groups in total. The molecule has 0 fully saturated rings. The van der Waals surface area contributed by atoms with Crippen molar-refractivity contribution < 1.29 is 17.0 Å². The highest BCUT2D eigenvalue weighted by atomic mass is 32.2. The predicted octanol–water partition coefficient (Wildman–Crippen LogP) is 1.76. The van der Waals surface area contributed by atoms with Crippen LogP contribution in [0.1, 0.15) is 13.3 Å². The lowest BCUT2D eigenvalue weighted by molar-refractivity contribution is 0.596. The second kappa shape index (κ2) is 6.26. The third-order valence-electron chi connectivity index (χ3n) is 2.30. The molecule has 0 saturated carbocycles. The van der Waals surface area contributed by atoms with E-state index in [0.29, 0.717) is 11.3 Å². The molecule has 1 rings (SSSR count). The lowest BCUT2D eigenvalue weighted by Gasteiger charge is -2.02. The number of halogens is 1. The minimum atomic E-state index is -3.00. The molecule has 0 saturated heterocycles. The van der Waals surface area contributed by atoms with Crippen molar-refractivity contribution >= 4 is 20.6 Å². The second-order valence-corrected chi connectivity index (χ2v) is 7.64. The van der Waals surface area contributed by atoms with E-state index in [4.69, 9.17) is 0 Å². The van der Waals surface area contributed by atoms with Gasteiger partial charge in [-0.25, -0.2) is 12.8 Å². The molecule has 1 unspecified atom stereocenters. The maximum atomic E-state index is 12.6. The summed E-state index contributed by atoms with van der Waals surface area (Å²) in [5.41, 5.74) is 0. The summed E-state index contributed by atoms with van der Waals surface area (Å²) in [5, 5.41) is 0. The topological polar surface area (TPSA) is 51.2 Å². The fraction of sp³-hybridized carbons (Fsp3) is 0.455. The van der Waals surface area contributed by atoms with Gasteiger partial charge in [0.2, 0.25) is 0 Å². The van der Waals surface area contributed by atoms with Crippen LogP contribution in [-0.2, 0) is 20.6 Å². The molecule has 0 amide bonds. The molecule has 1 atom stereocenters. The van der Waals surface area contributed by atoms with Crippen molar-refractivity contribution in [2.24, 2.45) is 0 Å². The first-order chi connectivity index (χ1) is 7.94. The lowest BCUT2D eigenvalue weighted by Crippen LogP contribution is -2.11. The molecule has 0 spiro atoms. The van der Waals surface area contributed by atoms with Crippen molar-refractivity contribution in [1.82, 2.24) is 0 Å². The Morgan fingerprint density at radius 1 is 1.24 bits per heavy atom. The molecule has 1 aromatic rings. The lowest BCUT2D eigenvalue weighted by atomic mass is 10.4. The maximum absolute atomic E-state index is 12.6. The average Bonchev–Trinajstić information content (AvgIpc) is 2.29. The van der Waals surface area contributed by atoms with Crippen LogP contribution in [0.5, 0.6) is 0 Å². The maximum Gasteiger partial charge on any atom is 0.150 e. The second-order valence-electron chi connectivity index (χ2n) is 3.59. The largest absolute Gasteiger partial charge is 0.254 e. The van der Waals surface area contributed by atoms with E-state index in [1.807, 2.05) is 0 Å². The van der Waals surface area contributed by atoms with Crippen LogP contribution < -0.4 is 0 Å². The highest BCUT2D eigenvalue weighted by Crippen LogP contribution is 2.09. The molecule has 0 aromatic heterocycles. The first-order valence-electron chi connectivity index (χ1n) is 5.29. The van der Waals surface area contributed by atoms with Gasteiger partial charge in [0.25, 0.3) is 0 Å². The molecule has 96 valence electrons. The van der Waals surface area contributed by atoms with Gasteiger partial charge in [-0.3, -0.25) is 4.21 Å². The molecule has 0 aliphatic rings. The van der Waals surface area contributed by atoms with Gasteiger partial charge >= 0.3 is 0 Å². The van der Waals surface area contributed by atoms with Gasteiger partial charge in [-0.2, -0.15) is 0 Å². The van der Waals surface area contributed by atoms with Crippen molar-refractivity contribution in [2.75, 3.05) is 17.3 Å². The van der Waals surface area contributed by atoms with Crippen molar-refractivity contribution in [3.63, 3.8) is 0 Å². The molecule has 0 heterocycles. The van der Waals surface area contributed by atoms with Crippen molar-refractivity contribution in [3.8, 4) is 0 Å². The molecule has 3 nitrogen and oxygen atoms in total. The minimum absolute atomic E-state index is 0.0520. The zero-order valence-electron chi connectivity index (χ0n) is 9.56. The van der Waals surface area contributed by atoms with Crippen molar-refractivity contribution in [2.45, 2.75) is 18.2 Å². The van der Waals surface area contributed by atoms with Crippen molar-refractivity contribution in [1.29, 1.82) is 0 Å². The minimum Gasteiger partial charge on any atom is -0.254 e. The van der Waals surface area contributed by atoms with Gasteiger partial charge in [0.1, 0.15) is 15.7 Å². The smallest absolute Gasteiger partial charge is 0.150 e. The van der Waals surface area contributed by atoms with Crippen LogP contribution in [-0.4, -0.2) is 29.9 Å². The molecule has 0 bridgehead atoms. The van der Waals surface area contributed by atoms with E-state index in [-0.39, 0.29) is 23.1 Å². The van der Waals surface area contributed by atoms with Gasteiger partial charge < -0.3 is 0 Å². The molecule has 0 aliphatic carbocycles. The molecule has 1 aromatic carbocycles. The molecular formula is C11H15FO3S2. The van der Waals surface area contributed by atoms with E-state index in [0.717, 1.165) is 0 Å². The Hall–Kier alpha value is -0.750. The summed E-state index contributed by atoms with van der Waals surface area (Å²) >= 11 is 0.